The summed E-state index contributed by atoms with van der Waals surface area (Å²) >= 11 is 6.75. The van der Waals surface area contributed by atoms with Crippen molar-refractivity contribution >= 4 is 34.1 Å². The normalized spacial score (nSPS) is 29.4. The van der Waals surface area contributed by atoms with Crippen LogP contribution in [0.1, 0.15) is 56.7 Å². The van der Waals surface area contributed by atoms with Gasteiger partial charge in [-0.05, 0) is 85.5 Å². The molecule has 8 heteroatoms. The van der Waals surface area contributed by atoms with Crippen LogP contribution in [0.5, 0.6) is 0 Å². The highest BCUT2D eigenvalue weighted by atomic mass is 35.5. The standard InChI is InChI=1S/C30H35ClN4O3/c1-29(2)26(23-6-4-5-9-32-23)27(29)28(37)34-25-14-19-12-21(22(31)13-20(19)15-33-25)18-7-10-35(11-8-18)30(3)17-38-16-24(30)36/h4-6,9,12-15,18,24,26-27,36H,7-8,10-11,16-17H2,1-3H3,(H,33,34,37)/t24-,26?,27?,30+/m0/s1. The highest BCUT2D eigenvalue weighted by Gasteiger charge is 2.63. The van der Waals surface area contributed by atoms with Crippen LogP contribution in [0.4, 0.5) is 5.82 Å². The molecule has 2 saturated heterocycles. The van der Waals surface area contributed by atoms with E-state index in [-0.39, 0.29) is 28.7 Å². The number of aliphatic hydroxyl groups is 1. The van der Waals surface area contributed by atoms with E-state index < -0.39 is 6.10 Å². The molecule has 3 aliphatic rings. The Bertz CT molecular complexity index is 1360. The van der Waals surface area contributed by atoms with Crippen molar-refractivity contribution in [3.05, 3.63) is 65.1 Å². The van der Waals surface area contributed by atoms with Gasteiger partial charge in [0.2, 0.25) is 5.91 Å². The quantitative estimate of drug-likeness (QED) is 0.479. The summed E-state index contributed by atoms with van der Waals surface area (Å²) in [6.07, 6.45) is 5.04. The SMILES string of the molecule is CC1(C)C(C(=O)Nc2cc3cc(C4CCN([C@]5(C)COC[C@@H]5O)CC4)c(Cl)cc3cn2)C1c1ccccn1. The molecule has 1 saturated carbocycles. The topological polar surface area (TPSA) is 87.6 Å². The first-order valence-electron chi connectivity index (χ1n) is 13.5. The maximum atomic E-state index is 13.2. The lowest BCUT2D eigenvalue weighted by molar-refractivity contribution is -0.118. The molecular weight excluding hydrogens is 500 g/mol. The zero-order valence-electron chi connectivity index (χ0n) is 22.2. The van der Waals surface area contributed by atoms with Crippen molar-refractivity contribution < 1.29 is 14.6 Å². The fourth-order valence-electron chi connectivity index (χ4n) is 6.66. The van der Waals surface area contributed by atoms with Crippen molar-refractivity contribution in [1.82, 2.24) is 14.9 Å². The number of aromatic nitrogens is 2. The lowest BCUT2D eigenvalue weighted by Gasteiger charge is -2.43. The number of amides is 1. The van der Waals surface area contributed by atoms with Gasteiger partial charge >= 0.3 is 0 Å². The number of benzene rings is 1. The van der Waals surface area contributed by atoms with E-state index in [9.17, 15) is 9.90 Å². The largest absolute Gasteiger partial charge is 0.389 e. The van der Waals surface area contributed by atoms with Gasteiger partial charge in [-0.15, -0.1) is 0 Å². The molecule has 3 aromatic rings. The molecule has 2 N–H and O–H groups in total. The number of anilines is 1. The Balaban J connectivity index is 1.17. The Labute approximate surface area is 228 Å². The van der Waals surface area contributed by atoms with E-state index in [0.717, 1.165) is 53.0 Å². The Morgan fingerprint density at radius 2 is 1.92 bits per heavy atom. The number of pyridine rings is 2. The predicted octanol–water partition coefficient (Wildman–Crippen LogP) is 4.99. The number of piperidine rings is 1. The predicted molar refractivity (Wildman–Crippen MR) is 148 cm³/mol. The second-order valence-electron chi connectivity index (χ2n) is 12.0. The summed E-state index contributed by atoms with van der Waals surface area (Å²) < 4.78 is 5.55. The van der Waals surface area contributed by atoms with Gasteiger partial charge in [-0.3, -0.25) is 14.7 Å². The van der Waals surface area contributed by atoms with Crippen LogP contribution < -0.4 is 5.32 Å². The number of ether oxygens (including phenoxy) is 1. The first-order valence-corrected chi connectivity index (χ1v) is 13.9. The summed E-state index contributed by atoms with van der Waals surface area (Å²) in [6.45, 7) is 9.08. The zero-order chi connectivity index (χ0) is 26.7. The fourth-order valence-corrected chi connectivity index (χ4v) is 6.99. The minimum Gasteiger partial charge on any atom is -0.389 e. The van der Waals surface area contributed by atoms with Crippen molar-refractivity contribution in [3.8, 4) is 0 Å². The molecule has 38 heavy (non-hydrogen) atoms. The average molecular weight is 535 g/mol. The maximum absolute atomic E-state index is 13.2. The van der Waals surface area contributed by atoms with E-state index in [1.54, 1.807) is 12.4 Å². The van der Waals surface area contributed by atoms with Gasteiger partial charge in [-0.1, -0.05) is 31.5 Å². The van der Waals surface area contributed by atoms with Gasteiger partial charge in [0.05, 0.1) is 30.8 Å². The van der Waals surface area contributed by atoms with Crippen LogP contribution in [0.25, 0.3) is 10.8 Å². The molecule has 1 aliphatic carbocycles. The third-order valence-corrected chi connectivity index (χ3v) is 9.58. The number of carbonyl (C=O) groups excluding carboxylic acids is 1. The molecule has 6 rings (SSSR count). The molecule has 4 atom stereocenters. The number of carbonyl (C=O) groups is 1. The molecular formula is C30H35ClN4O3. The van der Waals surface area contributed by atoms with Gasteiger partial charge in [0, 0.05) is 34.4 Å². The number of hydrogen-bond donors (Lipinski definition) is 2. The van der Waals surface area contributed by atoms with E-state index in [2.05, 4.69) is 47.0 Å². The highest BCUT2D eigenvalue weighted by Crippen LogP contribution is 2.64. The molecule has 1 aromatic carbocycles. The molecule has 0 bridgehead atoms. The Morgan fingerprint density at radius 3 is 2.61 bits per heavy atom. The summed E-state index contributed by atoms with van der Waals surface area (Å²) in [5.74, 6) is 0.816. The Hall–Kier alpha value is -2.58. The monoisotopic (exact) mass is 534 g/mol. The number of nitrogens with one attached hydrogen (secondary N) is 1. The minimum absolute atomic E-state index is 0.0226. The van der Waals surface area contributed by atoms with Crippen molar-refractivity contribution in [2.24, 2.45) is 11.3 Å². The molecule has 0 radical (unpaired) electrons. The highest BCUT2D eigenvalue weighted by molar-refractivity contribution is 6.32. The number of rotatable bonds is 5. The van der Waals surface area contributed by atoms with E-state index in [1.165, 1.54) is 0 Å². The molecule has 4 heterocycles. The molecule has 2 aromatic heterocycles. The lowest BCUT2D eigenvalue weighted by atomic mass is 9.85. The van der Waals surface area contributed by atoms with Gasteiger partial charge < -0.3 is 15.2 Å². The van der Waals surface area contributed by atoms with Crippen molar-refractivity contribution in [2.75, 3.05) is 31.6 Å². The van der Waals surface area contributed by atoms with E-state index in [1.807, 2.05) is 30.3 Å². The van der Waals surface area contributed by atoms with Crippen molar-refractivity contribution in [2.45, 2.75) is 57.1 Å². The first kappa shape index (κ1) is 25.7. The number of halogens is 1. The third-order valence-electron chi connectivity index (χ3n) is 9.25. The van der Waals surface area contributed by atoms with Crippen LogP contribution in [0.15, 0.2) is 48.8 Å². The Kier molecular flexibility index (Phi) is 6.46. The molecule has 2 aliphatic heterocycles. The van der Waals surface area contributed by atoms with E-state index in [0.29, 0.717) is 24.9 Å². The second-order valence-corrected chi connectivity index (χ2v) is 12.4. The number of aliphatic hydroxyl groups excluding tert-OH is 1. The summed E-state index contributed by atoms with van der Waals surface area (Å²) in [7, 11) is 0. The average Bonchev–Trinajstić information content (AvgIpc) is 3.34. The Morgan fingerprint density at radius 1 is 1.13 bits per heavy atom. The fraction of sp³-hybridized carbons (Fsp3) is 0.500. The van der Waals surface area contributed by atoms with Crippen molar-refractivity contribution in [1.29, 1.82) is 0 Å². The van der Waals surface area contributed by atoms with Gasteiger partial charge in [-0.2, -0.15) is 0 Å². The van der Waals surface area contributed by atoms with Crippen LogP contribution in [-0.2, 0) is 9.53 Å². The summed E-state index contributed by atoms with van der Waals surface area (Å²) in [6, 6.07) is 11.9. The zero-order valence-corrected chi connectivity index (χ0v) is 22.9. The van der Waals surface area contributed by atoms with Crippen LogP contribution in [0.2, 0.25) is 5.02 Å². The number of likely N-dealkylation sites (tertiary alicyclic amines) is 1. The van der Waals surface area contributed by atoms with E-state index in [4.69, 9.17) is 16.3 Å². The summed E-state index contributed by atoms with van der Waals surface area (Å²) in [5.41, 5.74) is 1.62. The summed E-state index contributed by atoms with van der Waals surface area (Å²) in [5, 5.41) is 16.2. The minimum atomic E-state index is -0.454. The van der Waals surface area contributed by atoms with Gasteiger partial charge in [0.1, 0.15) is 5.82 Å². The molecule has 1 amide bonds. The van der Waals surface area contributed by atoms with Gasteiger partial charge in [0.25, 0.3) is 0 Å². The van der Waals surface area contributed by atoms with Crippen LogP contribution in [-0.4, -0.2) is 63.8 Å². The summed E-state index contributed by atoms with van der Waals surface area (Å²) in [4.78, 5) is 24.6. The van der Waals surface area contributed by atoms with Gasteiger partial charge in [0.15, 0.2) is 0 Å². The second kappa shape index (κ2) is 9.56. The number of hydrogen-bond acceptors (Lipinski definition) is 6. The van der Waals surface area contributed by atoms with E-state index >= 15 is 0 Å². The van der Waals surface area contributed by atoms with Gasteiger partial charge in [-0.25, -0.2) is 4.98 Å². The van der Waals surface area contributed by atoms with Crippen LogP contribution in [0, 0.1) is 11.3 Å². The van der Waals surface area contributed by atoms with Crippen LogP contribution >= 0.6 is 11.6 Å². The van der Waals surface area contributed by atoms with Crippen molar-refractivity contribution in [3.63, 3.8) is 0 Å². The molecule has 3 fully saturated rings. The number of fused-ring (bicyclic) bond motifs is 1. The molecule has 200 valence electrons. The lowest BCUT2D eigenvalue weighted by Crippen LogP contribution is -2.56. The molecule has 7 nitrogen and oxygen atoms in total. The third kappa shape index (κ3) is 4.39. The smallest absolute Gasteiger partial charge is 0.229 e. The first-order chi connectivity index (χ1) is 18.2. The van der Waals surface area contributed by atoms with Crippen LogP contribution in [0.3, 0.4) is 0 Å². The maximum Gasteiger partial charge on any atom is 0.229 e. The molecule has 2 unspecified atom stereocenters. The molecule has 0 spiro atoms. The number of nitrogens with zero attached hydrogens (tertiary/aromatic N) is 3.